The lowest BCUT2D eigenvalue weighted by atomic mass is 10.1. The van der Waals surface area contributed by atoms with E-state index >= 15 is 0 Å². The molecular weight excluding hydrogens is 386 g/mol. The predicted octanol–water partition coefficient (Wildman–Crippen LogP) is -2.11. The van der Waals surface area contributed by atoms with Crippen LogP contribution in [-0.2, 0) is 24.0 Å². The molecule has 0 aromatic rings. The van der Waals surface area contributed by atoms with Gasteiger partial charge in [-0.05, 0) is 46.1 Å². The molecule has 0 aliphatic rings. The van der Waals surface area contributed by atoms with Crippen molar-refractivity contribution in [3.05, 3.63) is 0 Å². The number of nitrogens with one attached hydrogen (secondary N) is 3. The summed E-state index contributed by atoms with van der Waals surface area (Å²) < 4.78 is 0. The first kappa shape index (κ1) is 26.3. The molecule has 0 spiro atoms. The van der Waals surface area contributed by atoms with E-state index in [2.05, 4.69) is 16.0 Å². The van der Waals surface area contributed by atoms with Gasteiger partial charge in [0.2, 0.25) is 17.7 Å². The SMILES string of the molecule is CC(N)C(=O)NC(C)C(=O)NC(CCC(=O)O)C(=O)NC(CCCCN)C(=O)O. The van der Waals surface area contributed by atoms with Crippen molar-refractivity contribution in [3.8, 4) is 0 Å². The molecule has 166 valence electrons. The first-order valence-corrected chi connectivity index (χ1v) is 9.30. The van der Waals surface area contributed by atoms with Crippen LogP contribution >= 0.6 is 0 Å². The summed E-state index contributed by atoms with van der Waals surface area (Å²) in [5.41, 5.74) is 10.8. The van der Waals surface area contributed by atoms with Crippen molar-refractivity contribution >= 4 is 29.7 Å². The normalized spacial score (nSPS) is 14.8. The van der Waals surface area contributed by atoms with Gasteiger partial charge in [0.1, 0.15) is 18.1 Å². The van der Waals surface area contributed by atoms with Gasteiger partial charge in [0.25, 0.3) is 0 Å². The van der Waals surface area contributed by atoms with Crippen LogP contribution in [0.2, 0.25) is 0 Å². The summed E-state index contributed by atoms with van der Waals surface area (Å²) in [5.74, 6) is -4.58. The Morgan fingerprint density at radius 2 is 1.41 bits per heavy atom. The Balaban J connectivity index is 5.10. The van der Waals surface area contributed by atoms with Crippen LogP contribution in [0.15, 0.2) is 0 Å². The van der Waals surface area contributed by atoms with E-state index in [9.17, 15) is 29.1 Å². The molecule has 0 aromatic carbocycles. The first-order chi connectivity index (χ1) is 13.5. The summed E-state index contributed by atoms with van der Waals surface area (Å²) in [4.78, 5) is 58.5. The first-order valence-electron chi connectivity index (χ1n) is 9.30. The molecule has 0 aromatic heterocycles. The number of aliphatic carboxylic acids is 2. The van der Waals surface area contributed by atoms with E-state index in [0.29, 0.717) is 19.4 Å². The molecule has 0 bridgehead atoms. The zero-order valence-electron chi connectivity index (χ0n) is 16.6. The van der Waals surface area contributed by atoms with Crippen LogP contribution in [0, 0.1) is 0 Å². The molecule has 0 saturated carbocycles. The molecule has 3 amide bonds. The maximum atomic E-state index is 12.5. The van der Waals surface area contributed by atoms with Gasteiger partial charge in [-0.1, -0.05) is 0 Å². The molecule has 4 atom stereocenters. The predicted molar refractivity (Wildman–Crippen MR) is 103 cm³/mol. The van der Waals surface area contributed by atoms with E-state index in [1.807, 2.05) is 0 Å². The Morgan fingerprint density at radius 1 is 0.828 bits per heavy atom. The van der Waals surface area contributed by atoms with Crippen molar-refractivity contribution in [2.75, 3.05) is 6.54 Å². The number of amides is 3. The number of carbonyl (C=O) groups excluding carboxylic acids is 3. The van der Waals surface area contributed by atoms with Crippen molar-refractivity contribution in [2.24, 2.45) is 11.5 Å². The summed E-state index contributed by atoms with van der Waals surface area (Å²) >= 11 is 0. The standard InChI is InChI=1S/C17H31N5O7/c1-9(19)14(25)20-10(2)15(26)21-11(6-7-13(23)24)16(27)22-12(17(28)29)5-3-4-8-18/h9-12H,3-8,18-19H2,1-2H3,(H,20,25)(H,21,26)(H,22,27)(H,23,24)(H,28,29). The van der Waals surface area contributed by atoms with Gasteiger partial charge in [-0.3, -0.25) is 19.2 Å². The Morgan fingerprint density at radius 3 is 1.90 bits per heavy atom. The number of rotatable bonds is 14. The zero-order valence-corrected chi connectivity index (χ0v) is 16.6. The molecule has 0 saturated heterocycles. The molecule has 29 heavy (non-hydrogen) atoms. The largest absolute Gasteiger partial charge is 0.481 e. The molecule has 9 N–H and O–H groups in total. The molecule has 0 fully saturated rings. The number of unbranched alkanes of at least 4 members (excludes halogenated alkanes) is 1. The minimum atomic E-state index is -1.29. The minimum Gasteiger partial charge on any atom is -0.481 e. The van der Waals surface area contributed by atoms with E-state index in [1.165, 1.54) is 13.8 Å². The molecule has 0 aliphatic heterocycles. The van der Waals surface area contributed by atoms with Crippen molar-refractivity contribution in [3.63, 3.8) is 0 Å². The Kier molecular flexibility index (Phi) is 12.2. The fourth-order valence-corrected chi connectivity index (χ4v) is 2.27. The topological polar surface area (TPSA) is 214 Å². The van der Waals surface area contributed by atoms with Gasteiger partial charge in [-0.25, -0.2) is 4.79 Å². The van der Waals surface area contributed by atoms with Crippen LogP contribution < -0.4 is 27.4 Å². The van der Waals surface area contributed by atoms with Gasteiger partial charge in [-0.15, -0.1) is 0 Å². The van der Waals surface area contributed by atoms with E-state index in [4.69, 9.17) is 16.6 Å². The number of carboxylic acids is 2. The van der Waals surface area contributed by atoms with Crippen molar-refractivity contribution in [2.45, 2.75) is 70.1 Å². The third-order valence-corrected chi connectivity index (χ3v) is 4.01. The highest BCUT2D eigenvalue weighted by Crippen LogP contribution is 2.04. The maximum absolute atomic E-state index is 12.5. The molecule has 0 aliphatic carbocycles. The van der Waals surface area contributed by atoms with Gasteiger partial charge in [-0.2, -0.15) is 0 Å². The van der Waals surface area contributed by atoms with E-state index < -0.39 is 60.2 Å². The number of carbonyl (C=O) groups is 5. The lowest BCUT2D eigenvalue weighted by Gasteiger charge is -2.23. The highest BCUT2D eigenvalue weighted by atomic mass is 16.4. The third-order valence-electron chi connectivity index (χ3n) is 4.01. The number of carboxylic acid groups (broad SMARTS) is 2. The molecule has 0 heterocycles. The Bertz CT molecular complexity index is 597. The fourth-order valence-electron chi connectivity index (χ4n) is 2.27. The number of hydrogen-bond acceptors (Lipinski definition) is 7. The summed E-state index contributed by atoms with van der Waals surface area (Å²) in [7, 11) is 0. The lowest BCUT2D eigenvalue weighted by Crippen LogP contribution is -2.56. The maximum Gasteiger partial charge on any atom is 0.326 e. The van der Waals surface area contributed by atoms with Crippen molar-refractivity contribution < 1.29 is 34.2 Å². The van der Waals surface area contributed by atoms with Crippen LogP contribution in [-0.4, -0.2) is 70.6 Å². The average Bonchev–Trinajstić information content (AvgIpc) is 2.63. The Hall–Kier alpha value is -2.73. The summed E-state index contributed by atoms with van der Waals surface area (Å²) in [5, 5.41) is 25.1. The van der Waals surface area contributed by atoms with E-state index in [1.54, 1.807) is 0 Å². The highest BCUT2D eigenvalue weighted by Gasteiger charge is 2.28. The minimum absolute atomic E-state index is 0.138. The second-order valence-corrected chi connectivity index (χ2v) is 6.70. The van der Waals surface area contributed by atoms with Crippen LogP contribution in [0.4, 0.5) is 0 Å². The smallest absolute Gasteiger partial charge is 0.326 e. The van der Waals surface area contributed by atoms with Crippen molar-refractivity contribution in [1.82, 2.24) is 16.0 Å². The molecule has 12 heteroatoms. The van der Waals surface area contributed by atoms with Crippen LogP contribution in [0.25, 0.3) is 0 Å². The molecular formula is C17H31N5O7. The van der Waals surface area contributed by atoms with Crippen molar-refractivity contribution in [1.29, 1.82) is 0 Å². The second kappa shape index (κ2) is 13.4. The molecule has 12 nitrogen and oxygen atoms in total. The highest BCUT2D eigenvalue weighted by molar-refractivity contribution is 5.94. The third kappa shape index (κ3) is 11.0. The summed E-state index contributed by atoms with van der Waals surface area (Å²) in [6.07, 6.45) is 0.508. The van der Waals surface area contributed by atoms with Gasteiger partial charge in [0.15, 0.2) is 0 Å². The summed E-state index contributed by atoms with van der Waals surface area (Å²) in [6.45, 7) is 3.18. The van der Waals surface area contributed by atoms with Crippen LogP contribution in [0.5, 0.6) is 0 Å². The number of hydrogen-bond donors (Lipinski definition) is 7. The monoisotopic (exact) mass is 417 g/mol. The van der Waals surface area contributed by atoms with Gasteiger partial charge >= 0.3 is 11.9 Å². The van der Waals surface area contributed by atoms with Gasteiger partial charge < -0.3 is 37.6 Å². The second-order valence-electron chi connectivity index (χ2n) is 6.70. The molecule has 0 radical (unpaired) electrons. The lowest BCUT2D eigenvalue weighted by molar-refractivity contribution is -0.143. The quantitative estimate of drug-likeness (QED) is 0.154. The average molecular weight is 417 g/mol. The van der Waals surface area contributed by atoms with E-state index in [-0.39, 0.29) is 12.8 Å². The fraction of sp³-hybridized carbons (Fsp3) is 0.706. The van der Waals surface area contributed by atoms with E-state index in [0.717, 1.165) is 0 Å². The van der Waals surface area contributed by atoms with Gasteiger partial charge in [0.05, 0.1) is 6.04 Å². The molecule has 4 unspecified atom stereocenters. The molecule has 0 rings (SSSR count). The van der Waals surface area contributed by atoms with Crippen LogP contribution in [0.3, 0.4) is 0 Å². The summed E-state index contributed by atoms with van der Waals surface area (Å²) in [6, 6.07) is -4.37. The number of nitrogens with two attached hydrogens (primary N) is 2. The van der Waals surface area contributed by atoms with Crippen LogP contribution in [0.1, 0.15) is 46.0 Å². The van der Waals surface area contributed by atoms with Gasteiger partial charge in [0, 0.05) is 6.42 Å². The Labute approximate surface area is 168 Å². The zero-order chi connectivity index (χ0) is 22.6.